The minimum atomic E-state index is -2.46. The van der Waals surface area contributed by atoms with E-state index < -0.39 is 36.0 Å². The number of aliphatic hydroxyl groups is 2. The number of nitrogens with two attached hydrogens (primary N) is 1. The number of aliphatic hydroxyl groups excluding tert-OH is 1. The van der Waals surface area contributed by atoms with Gasteiger partial charge in [-0.2, -0.15) is 0 Å². The van der Waals surface area contributed by atoms with Crippen molar-refractivity contribution in [3.63, 3.8) is 0 Å². The SMILES string of the molecule is Cl.NC(=O)C(O)C[C@](O)(NC(=O)Cc1ccccc1)C(=O)N1CCN(Cc2ccccc2)CC1. The van der Waals surface area contributed by atoms with Crippen molar-refractivity contribution in [2.24, 2.45) is 5.73 Å². The van der Waals surface area contributed by atoms with Gasteiger partial charge in [0.15, 0.2) is 0 Å². The van der Waals surface area contributed by atoms with E-state index in [2.05, 4.69) is 10.2 Å². The van der Waals surface area contributed by atoms with Crippen LogP contribution < -0.4 is 11.1 Å². The minimum Gasteiger partial charge on any atom is -0.383 e. The number of nitrogens with zero attached hydrogens (tertiary/aromatic N) is 2. The molecule has 3 amide bonds. The van der Waals surface area contributed by atoms with Crippen LogP contribution in [0.15, 0.2) is 60.7 Å². The van der Waals surface area contributed by atoms with Gasteiger partial charge >= 0.3 is 0 Å². The summed E-state index contributed by atoms with van der Waals surface area (Å²) in [5.41, 5.74) is 4.52. The molecule has 2 aromatic carbocycles. The van der Waals surface area contributed by atoms with Gasteiger partial charge < -0.3 is 26.2 Å². The van der Waals surface area contributed by atoms with Crippen LogP contribution in [-0.4, -0.2) is 75.7 Å². The third kappa shape index (κ3) is 7.53. The number of piperazine rings is 1. The molecule has 10 heteroatoms. The molecule has 1 aliphatic rings. The van der Waals surface area contributed by atoms with Gasteiger partial charge in [-0.1, -0.05) is 60.7 Å². The fourth-order valence-electron chi connectivity index (χ4n) is 3.84. The predicted octanol–water partition coefficient (Wildman–Crippen LogP) is 0.0364. The number of amides is 3. The Bertz CT molecular complexity index is 954. The number of nitrogens with one attached hydrogen (secondary N) is 1. The molecule has 1 heterocycles. The molecule has 3 rings (SSSR count). The standard InChI is InChI=1S/C24H30N4O5.ClH/c25-22(31)20(29)16-24(33,26-21(30)15-18-7-3-1-4-8-18)23(32)28-13-11-27(12-14-28)17-19-9-5-2-6-10-19;/h1-10,20,29,33H,11-17H2,(H2,25,31)(H,26,30);1H/t20?,24-;/m1./s1. The quantitative estimate of drug-likeness (QED) is 0.366. The van der Waals surface area contributed by atoms with E-state index >= 15 is 0 Å². The van der Waals surface area contributed by atoms with Crippen LogP contribution in [0.25, 0.3) is 0 Å². The van der Waals surface area contributed by atoms with Crippen LogP contribution in [0.1, 0.15) is 17.5 Å². The molecule has 0 aliphatic carbocycles. The number of primary amides is 1. The summed E-state index contributed by atoms with van der Waals surface area (Å²) in [6.07, 6.45) is -2.60. The van der Waals surface area contributed by atoms with Gasteiger partial charge in [-0.15, -0.1) is 12.4 Å². The Morgan fingerprint density at radius 2 is 1.47 bits per heavy atom. The zero-order valence-electron chi connectivity index (χ0n) is 18.8. The molecule has 34 heavy (non-hydrogen) atoms. The fraction of sp³-hybridized carbons (Fsp3) is 0.375. The Kier molecular flexibility index (Phi) is 10.0. The van der Waals surface area contributed by atoms with Gasteiger partial charge in [-0.3, -0.25) is 19.3 Å². The van der Waals surface area contributed by atoms with Crippen LogP contribution in [0.3, 0.4) is 0 Å². The Hall–Kier alpha value is -2.98. The summed E-state index contributed by atoms with van der Waals surface area (Å²) in [6, 6.07) is 18.8. The second-order valence-corrected chi connectivity index (χ2v) is 8.25. The van der Waals surface area contributed by atoms with Crippen molar-refractivity contribution < 1.29 is 24.6 Å². The van der Waals surface area contributed by atoms with Crippen molar-refractivity contribution in [3.8, 4) is 0 Å². The maximum absolute atomic E-state index is 13.2. The van der Waals surface area contributed by atoms with Crippen LogP contribution in [0.5, 0.6) is 0 Å². The van der Waals surface area contributed by atoms with E-state index in [9.17, 15) is 24.6 Å². The lowest BCUT2D eigenvalue weighted by molar-refractivity contribution is -0.165. The maximum Gasteiger partial charge on any atom is 0.275 e. The summed E-state index contributed by atoms with van der Waals surface area (Å²) >= 11 is 0. The maximum atomic E-state index is 13.2. The number of benzene rings is 2. The van der Waals surface area contributed by atoms with Gasteiger partial charge in [0, 0.05) is 39.1 Å². The molecule has 1 fully saturated rings. The lowest BCUT2D eigenvalue weighted by Gasteiger charge is -2.39. The smallest absolute Gasteiger partial charge is 0.275 e. The van der Waals surface area contributed by atoms with Crippen molar-refractivity contribution in [1.29, 1.82) is 0 Å². The number of rotatable bonds is 9. The Morgan fingerprint density at radius 3 is 2.00 bits per heavy atom. The highest BCUT2D eigenvalue weighted by Gasteiger charge is 2.44. The average Bonchev–Trinajstić information content (AvgIpc) is 2.80. The van der Waals surface area contributed by atoms with Gasteiger partial charge in [0.2, 0.25) is 17.5 Å². The molecule has 2 atom stereocenters. The molecule has 1 unspecified atom stereocenters. The second-order valence-electron chi connectivity index (χ2n) is 8.25. The zero-order chi connectivity index (χ0) is 23.8. The summed E-state index contributed by atoms with van der Waals surface area (Å²) in [6.45, 7) is 2.55. The van der Waals surface area contributed by atoms with Crippen molar-refractivity contribution in [2.45, 2.75) is 31.2 Å². The highest BCUT2D eigenvalue weighted by Crippen LogP contribution is 2.18. The summed E-state index contributed by atoms with van der Waals surface area (Å²) in [4.78, 5) is 40.8. The number of carbonyl (C=O) groups excluding carboxylic acids is 3. The first-order chi connectivity index (χ1) is 15.8. The van der Waals surface area contributed by atoms with E-state index in [1.165, 1.54) is 4.90 Å². The van der Waals surface area contributed by atoms with Gasteiger partial charge in [-0.05, 0) is 11.1 Å². The first kappa shape index (κ1) is 27.3. The molecule has 9 nitrogen and oxygen atoms in total. The molecule has 1 saturated heterocycles. The van der Waals surface area contributed by atoms with Crippen LogP contribution in [-0.2, 0) is 27.3 Å². The minimum absolute atomic E-state index is 0. The Balaban J connectivity index is 0.00000408. The number of halogens is 1. The molecule has 0 bridgehead atoms. The highest BCUT2D eigenvalue weighted by molar-refractivity contribution is 5.91. The largest absolute Gasteiger partial charge is 0.383 e. The number of carbonyl (C=O) groups is 3. The lowest BCUT2D eigenvalue weighted by atomic mass is 10.0. The molecule has 184 valence electrons. The van der Waals surface area contributed by atoms with Crippen LogP contribution in [0.4, 0.5) is 0 Å². The molecular weight excluding hydrogens is 460 g/mol. The molecule has 0 spiro atoms. The van der Waals surface area contributed by atoms with E-state index in [0.717, 1.165) is 12.1 Å². The van der Waals surface area contributed by atoms with Crippen molar-refractivity contribution in [3.05, 3.63) is 71.8 Å². The first-order valence-corrected chi connectivity index (χ1v) is 10.9. The monoisotopic (exact) mass is 490 g/mol. The Morgan fingerprint density at radius 1 is 0.941 bits per heavy atom. The lowest BCUT2D eigenvalue weighted by Crippen LogP contribution is -2.64. The second kappa shape index (κ2) is 12.5. The predicted molar refractivity (Wildman–Crippen MR) is 129 cm³/mol. The molecule has 5 N–H and O–H groups in total. The van der Waals surface area contributed by atoms with Gasteiger partial charge in [0.25, 0.3) is 5.91 Å². The fourth-order valence-corrected chi connectivity index (χ4v) is 3.84. The van der Waals surface area contributed by atoms with Crippen molar-refractivity contribution in [2.75, 3.05) is 26.2 Å². The van der Waals surface area contributed by atoms with Crippen LogP contribution >= 0.6 is 12.4 Å². The molecule has 0 radical (unpaired) electrons. The van der Waals surface area contributed by atoms with Crippen molar-refractivity contribution >= 4 is 30.1 Å². The average molecular weight is 491 g/mol. The molecule has 0 saturated carbocycles. The van der Waals surface area contributed by atoms with E-state index in [-0.39, 0.29) is 18.8 Å². The summed E-state index contributed by atoms with van der Waals surface area (Å²) < 4.78 is 0. The van der Waals surface area contributed by atoms with E-state index in [4.69, 9.17) is 5.73 Å². The topological polar surface area (TPSA) is 136 Å². The van der Waals surface area contributed by atoms with E-state index in [1.54, 1.807) is 24.3 Å². The summed E-state index contributed by atoms with van der Waals surface area (Å²) in [5.74, 6) is -2.48. The van der Waals surface area contributed by atoms with Crippen molar-refractivity contribution in [1.82, 2.24) is 15.1 Å². The Labute approximate surface area is 204 Å². The normalized spacial score (nSPS) is 16.6. The molecule has 0 aromatic heterocycles. The molecule has 1 aliphatic heterocycles. The zero-order valence-corrected chi connectivity index (χ0v) is 19.6. The number of hydrogen-bond acceptors (Lipinski definition) is 6. The van der Waals surface area contributed by atoms with Gasteiger partial charge in [-0.25, -0.2) is 0 Å². The first-order valence-electron chi connectivity index (χ1n) is 10.9. The van der Waals surface area contributed by atoms with Gasteiger partial charge in [0.1, 0.15) is 6.10 Å². The third-order valence-electron chi connectivity index (χ3n) is 5.63. The highest BCUT2D eigenvalue weighted by atomic mass is 35.5. The van der Waals surface area contributed by atoms with E-state index in [0.29, 0.717) is 31.7 Å². The van der Waals surface area contributed by atoms with Gasteiger partial charge in [0.05, 0.1) is 6.42 Å². The number of hydrogen-bond donors (Lipinski definition) is 4. The van der Waals surface area contributed by atoms with E-state index in [1.807, 2.05) is 36.4 Å². The third-order valence-corrected chi connectivity index (χ3v) is 5.63. The molecular formula is C24H31ClN4O5. The molecule has 2 aromatic rings. The summed E-state index contributed by atoms with van der Waals surface area (Å²) in [5, 5.41) is 23.4. The van der Waals surface area contributed by atoms with Crippen LogP contribution in [0.2, 0.25) is 0 Å². The summed E-state index contributed by atoms with van der Waals surface area (Å²) in [7, 11) is 0. The van der Waals surface area contributed by atoms with Crippen LogP contribution in [0, 0.1) is 0 Å².